The standard InChI is InChI=1S/C14H24ClN3O.HI/c1-11(15)9-17-14(16-2)18-7-5-13(6-8-18)19-10-12-3-4-12;/h12-13H,1,3-10H2,2H3,(H,16,17);1H. The first-order valence-electron chi connectivity index (χ1n) is 7.09. The van der Waals surface area contributed by atoms with Crippen molar-refractivity contribution in [3.05, 3.63) is 11.6 Å². The molecule has 116 valence electrons. The lowest BCUT2D eigenvalue weighted by Crippen LogP contribution is -2.47. The second-order valence-electron chi connectivity index (χ2n) is 5.38. The Morgan fingerprint density at radius 2 is 2.00 bits per heavy atom. The molecule has 1 N–H and O–H groups in total. The molecule has 1 saturated carbocycles. The van der Waals surface area contributed by atoms with E-state index in [1.54, 1.807) is 7.05 Å². The van der Waals surface area contributed by atoms with Gasteiger partial charge in [-0.15, -0.1) is 24.0 Å². The monoisotopic (exact) mass is 413 g/mol. The van der Waals surface area contributed by atoms with Crippen LogP contribution in [-0.4, -0.2) is 50.3 Å². The fourth-order valence-electron chi connectivity index (χ4n) is 2.30. The number of hydrogen-bond donors (Lipinski definition) is 1. The predicted octanol–water partition coefficient (Wildman–Crippen LogP) is 2.82. The minimum Gasteiger partial charge on any atom is -0.378 e. The van der Waals surface area contributed by atoms with Crippen molar-refractivity contribution in [1.29, 1.82) is 0 Å². The smallest absolute Gasteiger partial charge is 0.193 e. The van der Waals surface area contributed by atoms with Crippen LogP contribution in [0.2, 0.25) is 0 Å². The molecule has 0 spiro atoms. The maximum absolute atomic E-state index is 5.94. The van der Waals surface area contributed by atoms with E-state index in [0.29, 0.717) is 17.7 Å². The molecule has 4 nitrogen and oxygen atoms in total. The minimum atomic E-state index is 0. The van der Waals surface area contributed by atoms with E-state index in [9.17, 15) is 0 Å². The van der Waals surface area contributed by atoms with Crippen molar-refractivity contribution >= 4 is 41.5 Å². The molecule has 1 saturated heterocycles. The molecule has 6 heteroatoms. The molecular weight excluding hydrogens is 389 g/mol. The van der Waals surface area contributed by atoms with Crippen molar-refractivity contribution < 1.29 is 4.74 Å². The van der Waals surface area contributed by atoms with Gasteiger partial charge < -0.3 is 15.0 Å². The van der Waals surface area contributed by atoms with Crippen LogP contribution in [0.3, 0.4) is 0 Å². The molecule has 1 aliphatic heterocycles. The Kier molecular flexibility index (Phi) is 8.21. The van der Waals surface area contributed by atoms with E-state index in [1.165, 1.54) is 12.8 Å². The normalized spacial score (nSPS) is 20.5. The molecule has 0 atom stereocenters. The van der Waals surface area contributed by atoms with Crippen LogP contribution in [0.5, 0.6) is 0 Å². The van der Waals surface area contributed by atoms with Crippen LogP contribution >= 0.6 is 35.6 Å². The first kappa shape index (κ1) is 18.0. The Morgan fingerprint density at radius 1 is 1.35 bits per heavy atom. The van der Waals surface area contributed by atoms with Crippen molar-refractivity contribution in [1.82, 2.24) is 10.2 Å². The second-order valence-corrected chi connectivity index (χ2v) is 5.92. The fourth-order valence-corrected chi connectivity index (χ4v) is 2.37. The highest BCUT2D eigenvalue weighted by Gasteiger charge is 2.26. The van der Waals surface area contributed by atoms with Crippen LogP contribution in [0.4, 0.5) is 0 Å². The fraction of sp³-hybridized carbons (Fsp3) is 0.786. The molecule has 2 rings (SSSR count). The summed E-state index contributed by atoms with van der Waals surface area (Å²) in [6.45, 7) is 7.18. The van der Waals surface area contributed by atoms with Gasteiger partial charge in [0.1, 0.15) is 0 Å². The Balaban J connectivity index is 0.00000200. The summed E-state index contributed by atoms with van der Waals surface area (Å²) in [6, 6.07) is 0. The summed E-state index contributed by atoms with van der Waals surface area (Å²) in [4.78, 5) is 6.54. The number of rotatable bonds is 5. The molecule has 0 amide bonds. The third-order valence-electron chi connectivity index (χ3n) is 3.66. The van der Waals surface area contributed by atoms with Gasteiger partial charge in [-0.2, -0.15) is 0 Å². The number of halogens is 2. The minimum absolute atomic E-state index is 0. The van der Waals surface area contributed by atoms with Crippen molar-refractivity contribution in [2.45, 2.75) is 31.8 Å². The van der Waals surface area contributed by atoms with Crippen molar-refractivity contribution in [2.24, 2.45) is 10.9 Å². The van der Waals surface area contributed by atoms with Crippen LogP contribution in [0, 0.1) is 5.92 Å². The lowest BCUT2D eigenvalue weighted by Gasteiger charge is -2.34. The zero-order valence-electron chi connectivity index (χ0n) is 12.1. The number of aliphatic imine (C=N–C) groups is 1. The van der Waals surface area contributed by atoms with Gasteiger partial charge in [0.05, 0.1) is 12.6 Å². The number of guanidine groups is 1. The van der Waals surface area contributed by atoms with Gasteiger partial charge in [0.2, 0.25) is 0 Å². The Morgan fingerprint density at radius 3 is 2.50 bits per heavy atom. The molecule has 2 fully saturated rings. The zero-order chi connectivity index (χ0) is 13.7. The van der Waals surface area contributed by atoms with Crippen molar-refractivity contribution in [2.75, 3.05) is 33.3 Å². The Bertz CT molecular complexity index is 339. The topological polar surface area (TPSA) is 36.9 Å². The summed E-state index contributed by atoms with van der Waals surface area (Å²) < 4.78 is 5.94. The first-order chi connectivity index (χ1) is 9.19. The molecule has 0 aromatic heterocycles. The molecule has 0 radical (unpaired) electrons. The van der Waals surface area contributed by atoms with E-state index in [0.717, 1.165) is 44.4 Å². The van der Waals surface area contributed by atoms with Crippen LogP contribution in [0.15, 0.2) is 16.6 Å². The number of nitrogens with one attached hydrogen (secondary N) is 1. The van der Waals surface area contributed by atoms with Crippen molar-refractivity contribution in [3.63, 3.8) is 0 Å². The van der Waals surface area contributed by atoms with Crippen LogP contribution in [-0.2, 0) is 4.74 Å². The van der Waals surface area contributed by atoms with Gasteiger partial charge in [-0.3, -0.25) is 4.99 Å². The molecule has 0 unspecified atom stereocenters. The van der Waals surface area contributed by atoms with E-state index < -0.39 is 0 Å². The molecular formula is C14H25ClIN3O. The predicted molar refractivity (Wildman–Crippen MR) is 95.0 cm³/mol. The van der Waals surface area contributed by atoms with Crippen LogP contribution in [0.1, 0.15) is 25.7 Å². The van der Waals surface area contributed by atoms with Gasteiger partial charge in [0, 0.05) is 31.8 Å². The maximum Gasteiger partial charge on any atom is 0.193 e. The summed E-state index contributed by atoms with van der Waals surface area (Å²) in [5.74, 6) is 1.75. The molecule has 0 aromatic carbocycles. The lowest BCUT2D eigenvalue weighted by molar-refractivity contribution is 0.0131. The van der Waals surface area contributed by atoms with E-state index >= 15 is 0 Å². The summed E-state index contributed by atoms with van der Waals surface area (Å²) in [5.41, 5.74) is 0. The number of piperidine rings is 1. The zero-order valence-corrected chi connectivity index (χ0v) is 15.2. The largest absolute Gasteiger partial charge is 0.378 e. The summed E-state index contributed by atoms with van der Waals surface area (Å²) in [6.07, 6.45) is 5.30. The molecule has 0 aromatic rings. The highest BCUT2D eigenvalue weighted by molar-refractivity contribution is 14.0. The van der Waals surface area contributed by atoms with Crippen LogP contribution < -0.4 is 5.32 Å². The first-order valence-corrected chi connectivity index (χ1v) is 7.47. The summed E-state index contributed by atoms with van der Waals surface area (Å²) in [5, 5.41) is 3.82. The van der Waals surface area contributed by atoms with Gasteiger partial charge in [0.15, 0.2) is 5.96 Å². The maximum atomic E-state index is 5.94. The number of likely N-dealkylation sites (tertiary alicyclic amines) is 1. The number of nitrogens with zero attached hydrogens (tertiary/aromatic N) is 2. The molecule has 1 heterocycles. The van der Waals surface area contributed by atoms with Crippen molar-refractivity contribution in [3.8, 4) is 0 Å². The molecule has 2 aliphatic rings. The highest BCUT2D eigenvalue weighted by atomic mass is 127. The van der Waals surface area contributed by atoms with E-state index in [4.69, 9.17) is 16.3 Å². The average Bonchev–Trinajstić information content (AvgIpc) is 3.22. The van der Waals surface area contributed by atoms with E-state index in [1.807, 2.05) is 0 Å². The van der Waals surface area contributed by atoms with Gasteiger partial charge in [-0.1, -0.05) is 18.2 Å². The average molecular weight is 414 g/mol. The third kappa shape index (κ3) is 6.18. The quantitative estimate of drug-likeness (QED) is 0.428. The number of hydrogen-bond acceptors (Lipinski definition) is 2. The Labute approximate surface area is 144 Å². The summed E-state index contributed by atoms with van der Waals surface area (Å²) >= 11 is 5.77. The molecule has 20 heavy (non-hydrogen) atoms. The molecule has 1 aliphatic carbocycles. The Hall–Kier alpha value is -0.0100. The third-order valence-corrected chi connectivity index (χ3v) is 3.79. The van der Waals surface area contributed by atoms with Crippen LogP contribution in [0.25, 0.3) is 0 Å². The van der Waals surface area contributed by atoms with Gasteiger partial charge in [-0.05, 0) is 31.6 Å². The SMILES string of the molecule is C=C(Cl)CNC(=NC)N1CCC(OCC2CC2)CC1.I. The molecule has 0 bridgehead atoms. The summed E-state index contributed by atoms with van der Waals surface area (Å²) in [7, 11) is 1.80. The van der Waals surface area contributed by atoms with Gasteiger partial charge in [0.25, 0.3) is 0 Å². The highest BCUT2D eigenvalue weighted by Crippen LogP contribution is 2.30. The lowest BCUT2D eigenvalue weighted by atomic mass is 10.1. The van der Waals surface area contributed by atoms with E-state index in [-0.39, 0.29) is 24.0 Å². The van der Waals surface area contributed by atoms with E-state index in [2.05, 4.69) is 21.8 Å². The van der Waals surface area contributed by atoms with Gasteiger partial charge in [-0.25, -0.2) is 0 Å². The van der Waals surface area contributed by atoms with Gasteiger partial charge >= 0.3 is 0 Å². The second kappa shape index (κ2) is 9.10. The number of ether oxygens (including phenoxy) is 1.